The minimum Gasteiger partial charge on any atom is -0.494 e. The van der Waals surface area contributed by atoms with Crippen molar-refractivity contribution < 1.29 is 9.47 Å². The molecule has 19 aromatic rings. The van der Waals surface area contributed by atoms with Crippen LogP contribution in [0.15, 0.2) is 303 Å². The standard InChI is InChI=1S/C34H36O.C31H46.C24H25NO.2C22H16/c1-5-6-7-8-21-35-29-17-15-28(16-18-29)34(27-13-9-24(2)10-14-27)32-22-25(3)11-19-30(32)31-20-12-26(4)23-33(31)34;1-5-7-9-11-13-15-21-31(22-16-14-12-10-8-6-2)29-23-25(3)17-19-27(29)28-20-18-26(4)24-30(28)31;1-4-5-6-19-9-11-20(12-10-19)25-21-13-7-17(2)15-23(21)26-24-16-18(3)8-14-22(24)25;1-13-9-11-19-18-8-4-6-16-14(2)10-12-20(22(16)18)17-7-3-5-15(13)21(17)19;1-13-9-11-19-20-12-10-14(2)16-6-4-8-18(22(16)20)17-7-3-5-15(13)21(17)19/h9-20,22-23H,5-8,21H2,1-4H3;17-20,23-24H,5-16,21-22H2,1-4H3;7-16H,4-6H2,1-3H3;2*3-12H,1-2H3. The Morgan fingerprint density at radius 1 is 0.257 bits per heavy atom. The van der Waals surface area contributed by atoms with Gasteiger partial charge in [-0.2, -0.15) is 0 Å². The molecule has 0 radical (unpaired) electrons. The first-order chi connectivity index (χ1) is 66.3. The van der Waals surface area contributed by atoms with Gasteiger partial charge in [0.25, 0.3) is 0 Å². The van der Waals surface area contributed by atoms with Gasteiger partial charge in [0.2, 0.25) is 0 Å². The van der Waals surface area contributed by atoms with Crippen molar-refractivity contribution in [2.24, 2.45) is 0 Å². The van der Waals surface area contributed by atoms with Crippen LogP contribution in [0.4, 0.5) is 17.1 Å². The van der Waals surface area contributed by atoms with E-state index in [1.807, 2.05) is 0 Å². The van der Waals surface area contributed by atoms with Gasteiger partial charge in [0.1, 0.15) is 5.75 Å². The Morgan fingerprint density at radius 2 is 0.566 bits per heavy atom. The number of anilines is 3. The second-order valence-corrected chi connectivity index (χ2v) is 40.1. The van der Waals surface area contributed by atoms with Crippen LogP contribution < -0.4 is 14.4 Å². The molecule has 19 aromatic carbocycles. The zero-order chi connectivity index (χ0) is 94.3. The van der Waals surface area contributed by atoms with Gasteiger partial charge in [0, 0.05) is 11.1 Å². The molecule has 0 amide bonds. The Bertz CT molecular complexity index is 6870. The zero-order valence-electron chi connectivity index (χ0n) is 83.7. The number of aryl methyl sites for hydroxylation is 12. The van der Waals surface area contributed by atoms with Crippen molar-refractivity contribution in [2.75, 3.05) is 11.5 Å². The molecule has 3 aliphatic rings. The van der Waals surface area contributed by atoms with Crippen LogP contribution in [0.2, 0.25) is 0 Å². The van der Waals surface area contributed by atoms with Crippen molar-refractivity contribution in [3.05, 3.63) is 403 Å². The van der Waals surface area contributed by atoms with E-state index in [9.17, 15) is 0 Å². The molecular weight excluding hydrogens is 1640 g/mol. The first-order valence-electron chi connectivity index (χ1n) is 51.5. The smallest absolute Gasteiger partial charge is 0.151 e. The van der Waals surface area contributed by atoms with E-state index in [-0.39, 0.29) is 10.8 Å². The largest absolute Gasteiger partial charge is 0.494 e. The maximum absolute atomic E-state index is 6.23. The normalized spacial score (nSPS) is 12.9. The van der Waals surface area contributed by atoms with Crippen molar-refractivity contribution in [2.45, 2.75) is 250 Å². The van der Waals surface area contributed by atoms with Gasteiger partial charge in [0.15, 0.2) is 11.5 Å². The number of fused-ring (bicyclic) bond motifs is 12. The summed E-state index contributed by atoms with van der Waals surface area (Å²) in [6.07, 6.45) is 27.7. The fourth-order valence-corrected chi connectivity index (χ4v) is 23.0. The molecule has 0 aromatic heterocycles. The maximum atomic E-state index is 6.23. The van der Waals surface area contributed by atoms with Crippen molar-refractivity contribution in [1.29, 1.82) is 0 Å². The predicted molar refractivity (Wildman–Crippen MR) is 589 cm³/mol. The van der Waals surface area contributed by atoms with Gasteiger partial charge < -0.3 is 14.4 Å². The highest BCUT2D eigenvalue weighted by atomic mass is 16.5. The Balaban J connectivity index is 0.000000114. The Kier molecular flexibility index (Phi) is 28.5. The van der Waals surface area contributed by atoms with Gasteiger partial charge >= 0.3 is 0 Å². The van der Waals surface area contributed by atoms with Gasteiger partial charge in [-0.3, -0.25) is 0 Å². The lowest BCUT2D eigenvalue weighted by molar-refractivity contribution is 0.305. The van der Waals surface area contributed by atoms with Gasteiger partial charge in [-0.1, -0.05) is 413 Å². The minimum atomic E-state index is -0.351. The molecule has 3 nitrogen and oxygen atoms in total. The number of rotatable bonds is 26. The lowest BCUT2D eigenvalue weighted by Gasteiger charge is -2.34. The molecule has 0 saturated heterocycles. The van der Waals surface area contributed by atoms with Gasteiger partial charge in [-0.05, 0) is 338 Å². The summed E-state index contributed by atoms with van der Waals surface area (Å²) < 4.78 is 12.3. The average Bonchev–Trinajstić information content (AvgIpc) is 1.43. The van der Waals surface area contributed by atoms with E-state index in [0.717, 1.165) is 48.1 Å². The third-order valence-corrected chi connectivity index (χ3v) is 30.2. The first kappa shape index (κ1) is 93.6. The van der Waals surface area contributed by atoms with Crippen LogP contribution >= 0.6 is 0 Å². The predicted octanol–water partition coefficient (Wildman–Crippen LogP) is 38.9. The molecule has 1 aliphatic heterocycles. The van der Waals surface area contributed by atoms with Crippen LogP contribution in [0.3, 0.4) is 0 Å². The summed E-state index contributed by atoms with van der Waals surface area (Å²) in [5.41, 5.74) is 33.4. The molecule has 0 spiro atoms. The molecule has 0 N–H and O–H groups in total. The summed E-state index contributed by atoms with van der Waals surface area (Å²) in [5, 5.41) is 22.1. The lowest BCUT2D eigenvalue weighted by atomic mass is 9.67. The highest BCUT2D eigenvalue weighted by molar-refractivity contribution is 6.35. The Hall–Kier alpha value is -12.8. The lowest BCUT2D eigenvalue weighted by Crippen LogP contribution is -2.28. The van der Waals surface area contributed by atoms with Crippen LogP contribution in [0.1, 0.15) is 256 Å². The van der Waals surface area contributed by atoms with E-state index in [1.165, 1.54) is 325 Å². The number of nitrogens with zero attached hydrogens (tertiary/aromatic N) is 1. The topological polar surface area (TPSA) is 21.7 Å². The highest BCUT2D eigenvalue weighted by Gasteiger charge is 2.47. The zero-order valence-corrected chi connectivity index (χ0v) is 83.7. The molecule has 0 fully saturated rings. The average molecular weight is 1780 g/mol. The summed E-state index contributed by atoms with van der Waals surface area (Å²) in [4.78, 5) is 2.30. The summed E-state index contributed by atoms with van der Waals surface area (Å²) in [6.45, 7) is 34.0. The molecule has 22 rings (SSSR count). The fourth-order valence-electron chi connectivity index (χ4n) is 23.0. The molecular formula is C133H139NO2. The molecule has 0 atom stereocenters. The molecule has 136 heavy (non-hydrogen) atoms. The van der Waals surface area contributed by atoms with E-state index in [1.54, 1.807) is 11.1 Å². The summed E-state index contributed by atoms with van der Waals surface area (Å²) in [5.74, 6) is 2.78. The Labute approximate surface area is 811 Å². The van der Waals surface area contributed by atoms with Crippen LogP contribution in [0, 0.1) is 76.2 Å². The van der Waals surface area contributed by atoms with Crippen molar-refractivity contribution >= 4 is 103 Å². The maximum Gasteiger partial charge on any atom is 0.151 e. The molecule has 0 bridgehead atoms. The fraction of sp³-hybridized carbons (Fsp3) is 0.293. The highest BCUT2D eigenvalue weighted by Crippen LogP contribution is 2.59. The van der Waals surface area contributed by atoms with E-state index < -0.39 is 0 Å². The van der Waals surface area contributed by atoms with Gasteiger partial charge in [-0.15, -0.1) is 0 Å². The third kappa shape index (κ3) is 18.4. The second kappa shape index (κ2) is 41.4. The molecule has 0 unspecified atom stereocenters. The molecule has 0 saturated carbocycles. The van der Waals surface area contributed by atoms with Crippen LogP contribution in [0.25, 0.3) is 108 Å². The molecule has 688 valence electrons. The monoisotopic (exact) mass is 1780 g/mol. The molecule has 2 aliphatic carbocycles. The van der Waals surface area contributed by atoms with Gasteiger partial charge in [-0.25, -0.2) is 0 Å². The third-order valence-electron chi connectivity index (χ3n) is 30.2. The number of hydrogen-bond acceptors (Lipinski definition) is 3. The second-order valence-electron chi connectivity index (χ2n) is 40.1. The quantitative estimate of drug-likeness (QED) is 0.0306. The summed E-state index contributed by atoms with van der Waals surface area (Å²) >= 11 is 0. The minimum absolute atomic E-state index is 0.234. The van der Waals surface area contributed by atoms with E-state index in [4.69, 9.17) is 9.47 Å². The number of ether oxygens (including phenoxy) is 2. The van der Waals surface area contributed by atoms with Crippen LogP contribution in [-0.2, 0) is 17.3 Å². The number of benzene rings is 19. The Morgan fingerprint density at radius 3 is 0.949 bits per heavy atom. The van der Waals surface area contributed by atoms with E-state index in [0.29, 0.717) is 0 Å². The SMILES string of the molecule is CCCCCCCCC1(CCCCCCCC)c2cc(C)ccc2-c2ccc(C)cc21.CCCCCCOc1ccc(C2(c3ccc(C)cc3)c3cc(C)ccc3-c3ccc(C)cc32)cc1.CCCCc1ccc(N2c3ccc(C)cc3Oc3cc(C)ccc32)cc1.Cc1ccc2c3ccc(C)c4cccc(c5cccc1c52)c43.Cc1ccc2c3cccc4c(C)ccc(c5cccc1c52)c43. The van der Waals surface area contributed by atoms with E-state index >= 15 is 0 Å². The van der Waals surface area contributed by atoms with Crippen molar-refractivity contribution in [1.82, 2.24) is 0 Å². The number of hydrogen-bond donors (Lipinski definition) is 0. The first-order valence-corrected chi connectivity index (χ1v) is 51.5. The van der Waals surface area contributed by atoms with E-state index in [2.05, 4.69) is 412 Å². The molecule has 3 heteroatoms. The van der Waals surface area contributed by atoms with Crippen LogP contribution in [0.5, 0.6) is 17.2 Å². The van der Waals surface area contributed by atoms with Gasteiger partial charge in [0.05, 0.1) is 23.4 Å². The summed E-state index contributed by atoms with van der Waals surface area (Å²) in [7, 11) is 0. The molecule has 1 heterocycles. The number of unbranched alkanes of at least 4 members (excludes halogenated alkanes) is 14. The van der Waals surface area contributed by atoms with Crippen molar-refractivity contribution in [3.8, 4) is 39.5 Å². The van der Waals surface area contributed by atoms with Crippen molar-refractivity contribution in [3.63, 3.8) is 0 Å². The summed E-state index contributed by atoms with van der Waals surface area (Å²) in [6, 6.07) is 113. The van der Waals surface area contributed by atoms with Crippen LogP contribution in [-0.4, -0.2) is 6.61 Å².